The van der Waals surface area contributed by atoms with Crippen molar-refractivity contribution in [2.24, 2.45) is 0 Å². The van der Waals surface area contributed by atoms with Crippen LogP contribution in [0.3, 0.4) is 0 Å². The summed E-state index contributed by atoms with van der Waals surface area (Å²) in [7, 11) is 0. The molecule has 4 rings (SSSR count). The van der Waals surface area contributed by atoms with Gasteiger partial charge in [-0.2, -0.15) is 0 Å². The van der Waals surface area contributed by atoms with Gasteiger partial charge in [-0.3, -0.25) is 4.79 Å². The second kappa shape index (κ2) is 6.45. The Morgan fingerprint density at radius 1 is 1.12 bits per heavy atom. The molecule has 0 radical (unpaired) electrons. The van der Waals surface area contributed by atoms with Gasteiger partial charge in [0, 0.05) is 30.1 Å². The summed E-state index contributed by atoms with van der Waals surface area (Å²) in [5.74, 6) is 0.938. The Balaban J connectivity index is 1.45. The molecule has 1 amide bonds. The predicted octanol–water partition coefficient (Wildman–Crippen LogP) is 3.75. The zero-order valence-corrected chi connectivity index (χ0v) is 13.5. The van der Waals surface area contributed by atoms with Gasteiger partial charge in [0.15, 0.2) is 5.69 Å². The van der Waals surface area contributed by atoms with Crippen LogP contribution in [0.1, 0.15) is 35.0 Å². The fourth-order valence-electron chi connectivity index (χ4n) is 2.21. The van der Waals surface area contributed by atoms with Crippen LogP contribution in [0.5, 0.6) is 0 Å². The van der Waals surface area contributed by atoms with E-state index in [4.69, 9.17) is 4.52 Å². The van der Waals surface area contributed by atoms with E-state index in [0.29, 0.717) is 17.3 Å². The lowest BCUT2D eigenvalue weighted by molar-refractivity contribution is 0.101. The molecular weight excluding hydrogens is 324 g/mol. The van der Waals surface area contributed by atoms with E-state index in [9.17, 15) is 4.79 Å². The highest BCUT2D eigenvalue weighted by atomic mass is 32.2. The minimum absolute atomic E-state index is 0.286. The maximum absolute atomic E-state index is 12.3. The minimum Gasteiger partial charge on any atom is -0.360 e. The Kier molecular flexibility index (Phi) is 4.00. The number of carbonyl (C=O) groups is 1. The number of hydrogen-bond donors (Lipinski definition) is 1. The fourth-order valence-corrected chi connectivity index (χ4v) is 2.98. The van der Waals surface area contributed by atoms with Gasteiger partial charge < -0.3 is 9.84 Å². The van der Waals surface area contributed by atoms with E-state index in [2.05, 4.69) is 20.4 Å². The molecule has 1 fully saturated rings. The standard InChI is InChI=1S/C17H14N4O2S/c22-17(13-10-14(23-21-13)11-4-5-11)20-12-6-8-19-16(9-12)24-15-3-1-2-7-18-15/h1-3,6-11H,4-5H2,(H,19,20,22). The number of aromatic nitrogens is 3. The highest BCUT2D eigenvalue weighted by molar-refractivity contribution is 7.99. The average Bonchev–Trinajstić information content (AvgIpc) is 3.33. The Bertz CT molecular complexity index is 862. The van der Waals surface area contributed by atoms with Gasteiger partial charge in [0.2, 0.25) is 0 Å². The van der Waals surface area contributed by atoms with Crippen molar-refractivity contribution in [1.82, 2.24) is 15.1 Å². The molecule has 0 spiro atoms. The van der Waals surface area contributed by atoms with Crippen molar-refractivity contribution in [3.05, 3.63) is 60.2 Å². The van der Waals surface area contributed by atoms with Gasteiger partial charge in [-0.1, -0.05) is 23.0 Å². The summed E-state index contributed by atoms with van der Waals surface area (Å²) in [5, 5.41) is 8.27. The number of hydrogen-bond acceptors (Lipinski definition) is 6. The molecule has 0 atom stereocenters. The summed E-state index contributed by atoms with van der Waals surface area (Å²) in [6, 6.07) is 11.0. The highest BCUT2D eigenvalue weighted by Gasteiger charge is 2.28. The van der Waals surface area contributed by atoms with E-state index in [1.807, 2.05) is 18.2 Å². The second-order valence-electron chi connectivity index (χ2n) is 5.50. The quantitative estimate of drug-likeness (QED) is 0.763. The van der Waals surface area contributed by atoms with Crippen LogP contribution in [-0.4, -0.2) is 21.0 Å². The van der Waals surface area contributed by atoms with Gasteiger partial charge in [-0.15, -0.1) is 0 Å². The Labute approximate surface area is 142 Å². The summed E-state index contributed by atoms with van der Waals surface area (Å²) in [6.45, 7) is 0. The predicted molar refractivity (Wildman–Crippen MR) is 89.0 cm³/mol. The molecule has 3 aromatic rings. The number of amides is 1. The first kappa shape index (κ1) is 14.9. The lowest BCUT2D eigenvalue weighted by Crippen LogP contribution is -2.12. The van der Waals surface area contributed by atoms with E-state index in [0.717, 1.165) is 28.7 Å². The van der Waals surface area contributed by atoms with Crippen molar-refractivity contribution in [1.29, 1.82) is 0 Å². The molecule has 7 heteroatoms. The third-order valence-corrected chi connectivity index (χ3v) is 4.46. The molecule has 0 aliphatic heterocycles. The molecule has 6 nitrogen and oxygen atoms in total. The van der Waals surface area contributed by atoms with Crippen molar-refractivity contribution in [2.45, 2.75) is 28.8 Å². The zero-order valence-electron chi connectivity index (χ0n) is 12.7. The molecule has 1 saturated carbocycles. The zero-order chi connectivity index (χ0) is 16.4. The van der Waals surface area contributed by atoms with E-state index >= 15 is 0 Å². The fraction of sp³-hybridized carbons (Fsp3) is 0.176. The van der Waals surface area contributed by atoms with Crippen molar-refractivity contribution >= 4 is 23.4 Å². The first-order chi connectivity index (χ1) is 11.8. The van der Waals surface area contributed by atoms with E-state index in [-0.39, 0.29) is 5.91 Å². The largest absolute Gasteiger partial charge is 0.360 e. The topological polar surface area (TPSA) is 80.9 Å². The third-order valence-electron chi connectivity index (χ3n) is 3.58. The van der Waals surface area contributed by atoms with Gasteiger partial charge in [0.1, 0.15) is 15.8 Å². The maximum Gasteiger partial charge on any atom is 0.277 e. The summed E-state index contributed by atoms with van der Waals surface area (Å²) >= 11 is 1.43. The molecular formula is C17H14N4O2S. The van der Waals surface area contributed by atoms with Gasteiger partial charge in [0.25, 0.3) is 5.91 Å². The number of carbonyl (C=O) groups excluding carboxylic acids is 1. The summed E-state index contributed by atoms with van der Waals surface area (Å²) in [6.07, 6.45) is 5.60. The highest BCUT2D eigenvalue weighted by Crippen LogP contribution is 2.40. The molecule has 0 aromatic carbocycles. The van der Waals surface area contributed by atoms with Crippen molar-refractivity contribution in [2.75, 3.05) is 5.32 Å². The molecule has 3 aromatic heterocycles. The average molecular weight is 338 g/mol. The van der Waals surface area contributed by atoms with Crippen LogP contribution in [0.15, 0.2) is 63.4 Å². The normalized spacial score (nSPS) is 13.7. The Hall–Kier alpha value is -2.67. The molecule has 0 saturated heterocycles. The van der Waals surface area contributed by atoms with Crippen LogP contribution in [0.2, 0.25) is 0 Å². The lowest BCUT2D eigenvalue weighted by Gasteiger charge is -2.05. The smallest absolute Gasteiger partial charge is 0.277 e. The molecule has 3 heterocycles. The van der Waals surface area contributed by atoms with Crippen LogP contribution in [-0.2, 0) is 0 Å². The summed E-state index contributed by atoms with van der Waals surface area (Å²) < 4.78 is 5.21. The van der Waals surface area contributed by atoms with Gasteiger partial charge in [-0.25, -0.2) is 9.97 Å². The minimum atomic E-state index is -0.286. The molecule has 1 aliphatic carbocycles. The Morgan fingerprint density at radius 2 is 2.00 bits per heavy atom. The van der Waals surface area contributed by atoms with Gasteiger partial charge in [0.05, 0.1) is 0 Å². The molecule has 1 N–H and O–H groups in total. The molecule has 24 heavy (non-hydrogen) atoms. The lowest BCUT2D eigenvalue weighted by atomic mass is 10.2. The van der Waals surface area contributed by atoms with Crippen LogP contribution in [0, 0.1) is 0 Å². The van der Waals surface area contributed by atoms with E-state index in [1.54, 1.807) is 30.6 Å². The van der Waals surface area contributed by atoms with Gasteiger partial charge in [-0.05, 0) is 37.1 Å². The molecule has 0 unspecified atom stereocenters. The van der Waals surface area contributed by atoms with Crippen molar-refractivity contribution in [3.8, 4) is 0 Å². The molecule has 0 bridgehead atoms. The van der Waals surface area contributed by atoms with E-state index in [1.165, 1.54) is 11.8 Å². The maximum atomic E-state index is 12.3. The van der Waals surface area contributed by atoms with Crippen LogP contribution in [0.4, 0.5) is 5.69 Å². The number of rotatable bonds is 5. The monoisotopic (exact) mass is 338 g/mol. The van der Waals surface area contributed by atoms with Crippen molar-refractivity contribution in [3.63, 3.8) is 0 Å². The molecule has 1 aliphatic rings. The van der Waals surface area contributed by atoms with E-state index < -0.39 is 0 Å². The number of anilines is 1. The summed E-state index contributed by atoms with van der Waals surface area (Å²) in [4.78, 5) is 20.8. The third kappa shape index (κ3) is 3.46. The first-order valence-corrected chi connectivity index (χ1v) is 8.42. The van der Waals surface area contributed by atoms with Crippen LogP contribution in [0.25, 0.3) is 0 Å². The SMILES string of the molecule is O=C(Nc1ccnc(Sc2ccccn2)c1)c1cc(C2CC2)on1. The number of nitrogens with zero attached hydrogens (tertiary/aromatic N) is 3. The number of pyridine rings is 2. The number of nitrogens with one attached hydrogen (secondary N) is 1. The Morgan fingerprint density at radius 3 is 2.79 bits per heavy atom. The van der Waals surface area contributed by atoms with Crippen LogP contribution < -0.4 is 5.32 Å². The molecule has 120 valence electrons. The second-order valence-corrected chi connectivity index (χ2v) is 6.54. The van der Waals surface area contributed by atoms with Crippen molar-refractivity contribution < 1.29 is 9.32 Å². The van der Waals surface area contributed by atoms with Gasteiger partial charge >= 0.3 is 0 Å². The summed E-state index contributed by atoms with van der Waals surface area (Å²) in [5.41, 5.74) is 0.956. The van der Waals surface area contributed by atoms with Crippen LogP contribution >= 0.6 is 11.8 Å². The first-order valence-electron chi connectivity index (χ1n) is 7.61.